The summed E-state index contributed by atoms with van der Waals surface area (Å²) in [4.78, 5) is 11.7. The molecule has 0 bridgehead atoms. The Kier molecular flexibility index (Phi) is 4.15. The van der Waals surface area contributed by atoms with E-state index in [9.17, 15) is 9.18 Å². The number of hydrogen-bond donors (Lipinski definition) is 2. The lowest BCUT2D eigenvalue weighted by atomic mass is 10.1. The molecule has 98 valence electrons. The fraction of sp³-hybridized carbons (Fsp3) is 0.462. The van der Waals surface area contributed by atoms with Crippen LogP contribution < -0.4 is 11.1 Å². The molecular formula is C13H17FN2O2. The van der Waals surface area contributed by atoms with Crippen LogP contribution in [0.25, 0.3) is 0 Å². The maximum atomic E-state index is 13.1. The summed E-state index contributed by atoms with van der Waals surface area (Å²) >= 11 is 0. The molecule has 1 atom stereocenters. The second-order valence-corrected chi connectivity index (χ2v) is 4.45. The minimum atomic E-state index is -0.501. The van der Waals surface area contributed by atoms with Crippen LogP contribution in [0.4, 0.5) is 10.1 Å². The van der Waals surface area contributed by atoms with Gasteiger partial charge in [0.25, 0.3) is 5.91 Å². The van der Waals surface area contributed by atoms with Crippen LogP contribution in [-0.2, 0) is 4.74 Å². The highest BCUT2D eigenvalue weighted by molar-refractivity contribution is 5.95. The number of carbonyl (C=O) groups excluding carboxylic acids is 1. The SMILES string of the molecule is Nc1cc(F)cc(C(=O)NCCC2CCCO2)c1. The highest BCUT2D eigenvalue weighted by Gasteiger charge is 2.15. The van der Waals surface area contributed by atoms with Crippen molar-refractivity contribution in [1.82, 2.24) is 5.32 Å². The largest absolute Gasteiger partial charge is 0.399 e. The molecule has 5 heteroatoms. The number of hydrogen-bond acceptors (Lipinski definition) is 3. The molecule has 1 aromatic carbocycles. The fourth-order valence-corrected chi connectivity index (χ4v) is 2.06. The summed E-state index contributed by atoms with van der Waals surface area (Å²) in [5.41, 5.74) is 5.98. The van der Waals surface area contributed by atoms with Crippen molar-refractivity contribution in [3.63, 3.8) is 0 Å². The Morgan fingerprint density at radius 1 is 1.50 bits per heavy atom. The molecule has 0 spiro atoms. The monoisotopic (exact) mass is 252 g/mol. The van der Waals surface area contributed by atoms with Gasteiger partial charge in [-0.3, -0.25) is 4.79 Å². The summed E-state index contributed by atoms with van der Waals surface area (Å²) < 4.78 is 18.5. The number of nitrogens with two attached hydrogens (primary N) is 1. The summed E-state index contributed by atoms with van der Waals surface area (Å²) in [5.74, 6) is -0.807. The third kappa shape index (κ3) is 3.43. The van der Waals surface area contributed by atoms with Gasteiger partial charge < -0.3 is 15.8 Å². The van der Waals surface area contributed by atoms with E-state index in [-0.39, 0.29) is 23.3 Å². The van der Waals surface area contributed by atoms with Gasteiger partial charge in [-0.2, -0.15) is 0 Å². The molecule has 1 heterocycles. The first kappa shape index (κ1) is 12.8. The maximum absolute atomic E-state index is 13.1. The van der Waals surface area contributed by atoms with Gasteiger partial charge in [0, 0.05) is 24.4 Å². The van der Waals surface area contributed by atoms with Gasteiger partial charge in [0.1, 0.15) is 5.82 Å². The molecule has 1 aromatic rings. The number of amides is 1. The molecule has 1 fully saturated rings. The molecule has 1 amide bonds. The first-order valence-electron chi connectivity index (χ1n) is 6.11. The summed E-state index contributed by atoms with van der Waals surface area (Å²) in [7, 11) is 0. The molecule has 18 heavy (non-hydrogen) atoms. The number of anilines is 1. The van der Waals surface area contributed by atoms with Crippen LogP contribution in [0.2, 0.25) is 0 Å². The zero-order valence-corrected chi connectivity index (χ0v) is 10.1. The minimum Gasteiger partial charge on any atom is -0.399 e. The van der Waals surface area contributed by atoms with Crippen molar-refractivity contribution in [1.29, 1.82) is 0 Å². The van der Waals surface area contributed by atoms with E-state index in [0.717, 1.165) is 25.9 Å². The lowest BCUT2D eigenvalue weighted by Crippen LogP contribution is -2.27. The van der Waals surface area contributed by atoms with Crippen LogP contribution >= 0.6 is 0 Å². The zero-order chi connectivity index (χ0) is 13.0. The van der Waals surface area contributed by atoms with Crippen LogP contribution in [0.15, 0.2) is 18.2 Å². The normalized spacial score (nSPS) is 18.8. The number of benzene rings is 1. The van der Waals surface area contributed by atoms with Gasteiger partial charge >= 0.3 is 0 Å². The summed E-state index contributed by atoms with van der Waals surface area (Å²) in [6, 6.07) is 3.82. The summed E-state index contributed by atoms with van der Waals surface area (Å²) in [6.45, 7) is 1.33. The van der Waals surface area contributed by atoms with Crippen molar-refractivity contribution < 1.29 is 13.9 Å². The number of ether oxygens (including phenoxy) is 1. The maximum Gasteiger partial charge on any atom is 0.251 e. The minimum absolute atomic E-state index is 0.239. The Morgan fingerprint density at radius 3 is 3.00 bits per heavy atom. The Balaban J connectivity index is 1.83. The highest BCUT2D eigenvalue weighted by Crippen LogP contribution is 2.15. The average Bonchev–Trinajstić information content (AvgIpc) is 2.80. The first-order chi connectivity index (χ1) is 8.65. The quantitative estimate of drug-likeness (QED) is 0.802. The zero-order valence-electron chi connectivity index (χ0n) is 10.1. The van der Waals surface area contributed by atoms with Crippen molar-refractivity contribution >= 4 is 11.6 Å². The van der Waals surface area contributed by atoms with Gasteiger partial charge in [-0.25, -0.2) is 4.39 Å². The number of carbonyl (C=O) groups is 1. The van der Waals surface area contributed by atoms with E-state index >= 15 is 0 Å². The van der Waals surface area contributed by atoms with E-state index in [1.807, 2.05) is 0 Å². The number of nitrogen functional groups attached to an aromatic ring is 1. The van der Waals surface area contributed by atoms with Gasteiger partial charge in [-0.15, -0.1) is 0 Å². The van der Waals surface area contributed by atoms with Crippen molar-refractivity contribution in [2.45, 2.75) is 25.4 Å². The highest BCUT2D eigenvalue weighted by atomic mass is 19.1. The van der Waals surface area contributed by atoms with Crippen LogP contribution in [0.5, 0.6) is 0 Å². The van der Waals surface area contributed by atoms with E-state index in [1.165, 1.54) is 18.2 Å². The molecule has 1 saturated heterocycles. The molecule has 0 aliphatic carbocycles. The standard InChI is InChI=1S/C13H17FN2O2/c14-10-6-9(7-11(15)8-10)13(17)16-4-3-12-2-1-5-18-12/h6-8,12H,1-5,15H2,(H,16,17). The smallest absolute Gasteiger partial charge is 0.251 e. The molecular weight excluding hydrogens is 235 g/mol. The lowest BCUT2D eigenvalue weighted by Gasteiger charge is -2.10. The van der Waals surface area contributed by atoms with Gasteiger partial charge in [-0.1, -0.05) is 0 Å². The van der Waals surface area contributed by atoms with Gasteiger partial charge in [-0.05, 0) is 37.5 Å². The summed E-state index contributed by atoms with van der Waals surface area (Å²) in [5, 5.41) is 2.74. The molecule has 0 aromatic heterocycles. The van der Waals surface area contributed by atoms with Crippen molar-refractivity contribution in [3.05, 3.63) is 29.6 Å². The predicted octanol–water partition coefficient (Wildman–Crippen LogP) is 1.71. The molecule has 3 N–H and O–H groups in total. The first-order valence-corrected chi connectivity index (χ1v) is 6.11. The van der Waals surface area contributed by atoms with Crippen LogP contribution in [-0.4, -0.2) is 25.2 Å². The Morgan fingerprint density at radius 2 is 2.33 bits per heavy atom. The van der Waals surface area contributed by atoms with E-state index in [2.05, 4.69) is 5.32 Å². The van der Waals surface area contributed by atoms with Crippen LogP contribution in [0, 0.1) is 5.82 Å². The molecule has 0 radical (unpaired) electrons. The van der Waals surface area contributed by atoms with Crippen molar-refractivity contribution in [2.75, 3.05) is 18.9 Å². The molecule has 2 rings (SSSR count). The molecule has 1 unspecified atom stereocenters. The third-order valence-corrected chi connectivity index (χ3v) is 2.96. The second kappa shape index (κ2) is 5.82. The number of halogens is 1. The Labute approximate surface area is 105 Å². The molecule has 1 aliphatic heterocycles. The Hall–Kier alpha value is -1.62. The predicted molar refractivity (Wildman–Crippen MR) is 66.7 cm³/mol. The van der Waals surface area contributed by atoms with Gasteiger partial charge in [0.15, 0.2) is 0 Å². The van der Waals surface area contributed by atoms with Crippen molar-refractivity contribution in [2.24, 2.45) is 0 Å². The topological polar surface area (TPSA) is 64.4 Å². The van der Waals surface area contributed by atoms with E-state index < -0.39 is 5.82 Å². The molecule has 4 nitrogen and oxygen atoms in total. The number of rotatable bonds is 4. The fourth-order valence-electron chi connectivity index (χ4n) is 2.06. The van der Waals surface area contributed by atoms with Crippen LogP contribution in [0.3, 0.4) is 0 Å². The van der Waals surface area contributed by atoms with Crippen molar-refractivity contribution in [3.8, 4) is 0 Å². The molecule has 0 saturated carbocycles. The van der Waals surface area contributed by atoms with E-state index in [1.54, 1.807) is 0 Å². The van der Waals surface area contributed by atoms with Gasteiger partial charge in [0.2, 0.25) is 0 Å². The lowest BCUT2D eigenvalue weighted by molar-refractivity contribution is 0.0907. The second-order valence-electron chi connectivity index (χ2n) is 4.45. The third-order valence-electron chi connectivity index (χ3n) is 2.96. The summed E-state index contributed by atoms with van der Waals surface area (Å²) in [6.07, 6.45) is 3.15. The molecule has 1 aliphatic rings. The van der Waals surface area contributed by atoms with E-state index in [0.29, 0.717) is 6.54 Å². The Bertz CT molecular complexity index is 411. The average molecular weight is 252 g/mol. The van der Waals surface area contributed by atoms with Gasteiger partial charge in [0.05, 0.1) is 6.10 Å². The number of nitrogens with one attached hydrogen (secondary N) is 1. The van der Waals surface area contributed by atoms with E-state index in [4.69, 9.17) is 10.5 Å². The van der Waals surface area contributed by atoms with Crippen LogP contribution in [0.1, 0.15) is 29.6 Å².